The Labute approximate surface area is 210 Å². The first-order valence-electron chi connectivity index (χ1n) is 11.8. The number of carboxylic acids is 1. The van der Waals surface area contributed by atoms with E-state index in [1.54, 1.807) is 22.8 Å². The molecule has 1 fully saturated rings. The lowest BCUT2D eigenvalue weighted by Crippen LogP contribution is -2.42. The molecule has 0 aliphatic carbocycles. The van der Waals surface area contributed by atoms with Crippen LogP contribution < -0.4 is 5.73 Å². The van der Waals surface area contributed by atoms with Crippen LogP contribution in [0.1, 0.15) is 42.9 Å². The lowest BCUT2D eigenvalue weighted by molar-refractivity contribution is 0.0686. The predicted octanol–water partition coefficient (Wildman–Crippen LogP) is 5.51. The Hall–Kier alpha value is -3.13. The zero-order valence-corrected chi connectivity index (χ0v) is 20.8. The maximum absolute atomic E-state index is 11.6. The van der Waals surface area contributed by atoms with Crippen LogP contribution in [0.15, 0.2) is 65.2 Å². The summed E-state index contributed by atoms with van der Waals surface area (Å²) >= 11 is 5.90. The van der Waals surface area contributed by atoms with E-state index < -0.39 is 5.97 Å². The van der Waals surface area contributed by atoms with Crippen molar-refractivity contribution in [3.63, 3.8) is 0 Å². The number of carboxylic acid groups (broad SMARTS) is 1. The van der Waals surface area contributed by atoms with Crippen molar-refractivity contribution in [2.45, 2.75) is 45.3 Å². The summed E-state index contributed by atoms with van der Waals surface area (Å²) in [6.07, 6.45) is 2.36. The molecule has 0 unspecified atom stereocenters. The second-order valence-electron chi connectivity index (χ2n) is 9.14. The van der Waals surface area contributed by atoms with Crippen molar-refractivity contribution >= 4 is 28.5 Å². The maximum Gasteiger partial charge on any atom is 0.352 e. The lowest BCUT2D eigenvalue weighted by atomic mass is 10.1. The molecule has 2 aromatic carbocycles. The third-order valence-corrected chi connectivity index (χ3v) is 6.59. The fourth-order valence-corrected chi connectivity index (χ4v) is 4.42. The van der Waals surface area contributed by atoms with Crippen LogP contribution in [0.4, 0.5) is 0 Å². The third-order valence-electron chi connectivity index (χ3n) is 6.34. The number of likely N-dealkylation sites (tertiary alicyclic amines) is 1. The number of nitrogens with two attached hydrogens (primary N) is 1. The first-order chi connectivity index (χ1) is 16.8. The highest BCUT2D eigenvalue weighted by molar-refractivity contribution is 6.30. The summed E-state index contributed by atoms with van der Waals surface area (Å²) in [5.41, 5.74) is 8.34. The van der Waals surface area contributed by atoms with Gasteiger partial charge in [0.1, 0.15) is 11.4 Å². The van der Waals surface area contributed by atoms with Gasteiger partial charge in [-0.1, -0.05) is 35.0 Å². The predicted molar refractivity (Wildman–Crippen MR) is 139 cm³/mol. The second-order valence-corrected chi connectivity index (χ2v) is 9.57. The van der Waals surface area contributed by atoms with Crippen molar-refractivity contribution in [3.05, 3.63) is 77.1 Å². The monoisotopic (exact) mass is 494 g/mol. The first kappa shape index (κ1) is 25.0. The van der Waals surface area contributed by atoms with Gasteiger partial charge >= 0.3 is 5.97 Å². The van der Waals surface area contributed by atoms with Crippen LogP contribution in [-0.4, -0.2) is 50.9 Å². The van der Waals surface area contributed by atoms with Gasteiger partial charge in [0.2, 0.25) is 0 Å². The summed E-state index contributed by atoms with van der Waals surface area (Å²) in [5, 5.41) is 15.1. The molecule has 0 saturated carbocycles. The fourth-order valence-electron chi connectivity index (χ4n) is 4.29. The Morgan fingerprint density at radius 2 is 1.83 bits per heavy atom. The Balaban J connectivity index is 0.000000243. The number of aromatic carboxylic acids is 1. The van der Waals surface area contributed by atoms with Gasteiger partial charge in [-0.25, -0.2) is 4.79 Å². The van der Waals surface area contributed by atoms with E-state index in [1.165, 1.54) is 25.9 Å². The number of hydrogen-bond acceptors (Lipinski definition) is 5. The van der Waals surface area contributed by atoms with Crippen molar-refractivity contribution in [1.82, 2.24) is 14.6 Å². The molecular formula is C27H31ClN4O3. The molecule has 184 valence electrons. The van der Waals surface area contributed by atoms with Crippen molar-refractivity contribution in [1.29, 1.82) is 0 Å². The van der Waals surface area contributed by atoms with Crippen LogP contribution in [0.3, 0.4) is 0 Å². The number of hydrogen-bond donors (Lipinski definition) is 2. The zero-order chi connectivity index (χ0) is 24.9. The first-order valence-corrected chi connectivity index (χ1v) is 12.2. The average molecular weight is 495 g/mol. The van der Waals surface area contributed by atoms with E-state index in [1.807, 2.05) is 42.5 Å². The number of halogens is 1. The van der Waals surface area contributed by atoms with E-state index in [-0.39, 0.29) is 5.69 Å². The molecule has 7 nitrogen and oxygen atoms in total. The second kappa shape index (κ2) is 11.1. The van der Waals surface area contributed by atoms with Crippen molar-refractivity contribution < 1.29 is 14.4 Å². The minimum Gasteiger partial charge on any atom is -0.477 e. The Morgan fingerprint density at radius 3 is 2.49 bits per heavy atom. The quantitative estimate of drug-likeness (QED) is 0.379. The minimum absolute atomic E-state index is 0.220. The molecule has 1 saturated heterocycles. The minimum atomic E-state index is -0.974. The topological polar surface area (TPSA) is 97.5 Å². The molecule has 8 heteroatoms. The van der Waals surface area contributed by atoms with Gasteiger partial charge in [0.25, 0.3) is 0 Å². The van der Waals surface area contributed by atoms with Gasteiger partial charge in [-0.05, 0) is 76.2 Å². The van der Waals surface area contributed by atoms with Gasteiger partial charge in [-0.2, -0.15) is 0 Å². The Morgan fingerprint density at radius 1 is 1.14 bits per heavy atom. The summed E-state index contributed by atoms with van der Waals surface area (Å²) in [6.45, 7) is 7.19. The largest absolute Gasteiger partial charge is 0.477 e. The molecule has 4 aromatic rings. The molecule has 35 heavy (non-hydrogen) atoms. The molecule has 1 aliphatic heterocycles. The molecule has 3 heterocycles. The summed E-state index contributed by atoms with van der Waals surface area (Å²) in [5.74, 6) is -0.363. The highest BCUT2D eigenvalue weighted by Gasteiger charge is 2.18. The molecule has 0 atom stereocenters. The maximum atomic E-state index is 11.6. The molecule has 5 rings (SSSR count). The van der Waals surface area contributed by atoms with Gasteiger partial charge in [0.05, 0.1) is 6.54 Å². The van der Waals surface area contributed by atoms with E-state index in [4.69, 9.17) is 21.9 Å². The molecule has 2 aromatic heterocycles. The molecular weight excluding hydrogens is 464 g/mol. The van der Waals surface area contributed by atoms with Gasteiger partial charge in [0, 0.05) is 39.6 Å². The van der Waals surface area contributed by atoms with Crippen LogP contribution in [0.25, 0.3) is 22.2 Å². The van der Waals surface area contributed by atoms with Crippen LogP contribution in [0.5, 0.6) is 0 Å². The number of benzene rings is 2. The number of nitrogens with zero attached hydrogens (tertiary/aromatic N) is 3. The lowest BCUT2D eigenvalue weighted by Gasteiger charge is -2.32. The van der Waals surface area contributed by atoms with Gasteiger partial charge in [-0.3, -0.25) is 0 Å². The van der Waals surface area contributed by atoms with Gasteiger partial charge < -0.3 is 24.8 Å². The number of aromatic nitrogens is 2. The van der Waals surface area contributed by atoms with Crippen molar-refractivity contribution in [2.24, 2.45) is 5.73 Å². The van der Waals surface area contributed by atoms with Gasteiger partial charge in [0.15, 0.2) is 5.76 Å². The summed E-state index contributed by atoms with van der Waals surface area (Å²) < 4.78 is 7.12. The number of para-hydroxylation sites is 1. The molecule has 0 amide bonds. The normalized spacial score (nSPS) is 14.8. The van der Waals surface area contributed by atoms with E-state index >= 15 is 0 Å². The SMILES string of the molecule is CC(C)N1CCC(N)CC1.O=C(O)c1cc2ccccc2n1Cc1cc(-c2ccc(Cl)cc2)on1. The Bertz CT molecular complexity index is 1270. The standard InChI is InChI=1S/C19H13ClN2O3.C8H18N2/c20-14-7-5-12(6-8-14)18-10-15(21-25-18)11-22-16-4-2-1-3-13(16)9-17(22)19(23)24;1-7(2)10-5-3-8(9)4-6-10/h1-10H,11H2,(H,23,24);7-8H,3-6,9H2,1-2H3. The van der Waals surface area contributed by atoms with Crippen LogP contribution in [-0.2, 0) is 6.54 Å². The van der Waals surface area contributed by atoms with Crippen LogP contribution in [0, 0.1) is 0 Å². The Kier molecular flexibility index (Phi) is 7.90. The number of rotatable bonds is 5. The molecule has 3 N–H and O–H groups in total. The van der Waals surface area contributed by atoms with E-state index in [2.05, 4.69) is 23.9 Å². The van der Waals surface area contributed by atoms with E-state index in [9.17, 15) is 9.90 Å². The van der Waals surface area contributed by atoms with Crippen molar-refractivity contribution in [3.8, 4) is 11.3 Å². The van der Waals surface area contributed by atoms with Crippen LogP contribution >= 0.6 is 11.6 Å². The third kappa shape index (κ3) is 6.11. The zero-order valence-electron chi connectivity index (χ0n) is 20.0. The molecule has 0 radical (unpaired) electrons. The number of fused-ring (bicyclic) bond motifs is 1. The molecule has 0 spiro atoms. The van der Waals surface area contributed by atoms with Crippen LogP contribution in [0.2, 0.25) is 5.02 Å². The summed E-state index contributed by atoms with van der Waals surface area (Å²) in [7, 11) is 0. The summed E-state index contributed by atoms with van der Waals surface area (Å²) in [4.78, 5) is 14.1. The smallest absolute Gasteiger partial charge is 0.352 e. The molecule has 0 bridgehead atoms. The summed E-state index contributed by atoms with van der Waals surface area (Å²) in [6, 6.07) is 19.4. The number of carbonyl (C=O) groups is 1. The van der Waals surface area contributed by atoms with Crippen molar-refractivity contribution in [2.75, 3.05) is 13.1 Å². The highest BCUT2D eigenvalue weighted by Crippen LogP contribution is 2.25. The number of piperidine rings is 1. The average Bonchev–Trinajstić information content (AvgIpc) is 3.46. The highest BCUT2D eigenvalue weighted by atomic mass is 35.5. The fraction of sp³-hybridized carbons (Fsp3) is 0.333. The molecule has 1 aliphatic rings. The van der Waals surface area contributed by atoms with E-state index in [0.717, 1.165) is 16.5 Å². The van der Waals surface area contributed by atoms with E-state index in [0.29, 0.717) is 35.1 Å². The van der Waals surface area contributed by atoms with Gasteiger partial charge in [-0.15, -0.1) is 0 Å².